The quantitative estimate of drug-likeness (QED) is 0.673. The highest BCUT2D eigenvalue weighted by Crippen LogP contribution is 2.21. The minimum atomic E-state index is -0.163. The van der Waals surface area contributed by atoms with Crippen molar-refractivity contribution in [3.05, 3.63) is 53.0 Å². The second kappa shape index (κ2) is 9.16. The van der Waals surface area contributed by atoms with Gasteiger partial charge in [0, 0.05) is 6.54 Å². The summed E-state index contributed by atoms with van der Waals surface area (Å²) in [6.07, 6.45) is 4.54. The number of amides is 1. The summed E-state index contributed by atoms with van der Waals surface area (Å²) in [5.74, 6) is 1.66. The van der Waals surface area contributed by atoms with E-state index >= 15 is 0 Å². The predicted octanol–water partition coefficient (Wildman–Crippen LogP) is 4.79. The Morgan fingerprint density at radius 1 is 1.12 bits per heavy atom. The van der Waals surface area contributed by atoms with Gasteiger partial charge in [-0.1, -0.05) is 38.3 Å². The van der Waals surface area contributed by atoms with Crippen LogP contribution in [-0.2, 0) is 6.61 Å². The molecule has 1 N–H and O–H groups in total. The number of aryl methyl sites for hydroxylation is 2. The Hall–Kier alpha value is -2.23. The number of carbonyl (C=O) groups excluding carboxylic acids is 1. The smallest absolute Gasteiger partial charge is 0.286 e. The maximum atomic E-state index is 12.0. The zero-order valence-corrected chi connectivity index (χ0v) is 14.9. The number of hydrogen-bond donors (Lipinski definition) is 1. The summed E-state index contributed by atoms with van der Waals surface area (Å²) in [5, 5.41) is 2.89. The fraction of sp³-hybridized carbons (Fsp3) is 0.450. The predicted molar refractivity (Wildman–Crippen MR) is 95.4 cm³/mol. The molecular formula is C20H27NO3. The van der Waals surface area contributed by atoms with Gasteiger partial charge in [0.15, 0.2) is 5.76 Å². The zero-order valence-electron chi connectivity index (χ0n) is 14.9. The first-order valence-electron chi connectivity index (χ1n) is 8.67. The van der Waals surface area contributed by atoms with Gasteiger partial charge in [-0.3, -0.25) is 4.79 Å². The van der Waals surface area contributed by atoms with Crippen molar-refractivity contribution in [1.82, 2.24) is 5.32 Å². The molecule has 0 spiro atoms. The molecule has 4 nitrogen and oxygen atoms in total. The summed E-state index contributed by atoms with van der Waals surface area (Å²) in [7, 11) is 0. The monoisotopic (exact) mass is 329 g/mol. The number of nitrogens with one attached hydrogen (secondary N) is 1. The lowest BCUT2D eigenvalue weighted by Crippen LogP contribution is -2.23. The molecule has 0 unspecified atom stereocenters. The van der Waals surface area contributed by atoms with Crippen LogP contribution in [0.1, 0.15) is 60.0 Å². The first kappa shape index (κ1) is 18.1. The van der Waals surface area contributed by atoms with E-state index in [4.69, 9.17) is 9.15 Å². The lowest BCUT2D eigenvalue weighted by Gasteiger charge is -2.08. The molecule has 0 aliphatic rings. The largest absolute Gasteiger partial charge is 0.485 e. The van der Waals surface area contributed by atoms with Crippen molar-refractivity contribution in [3.8, 4) is 5.75 Å². The van der Waals surface area contributed by atoms with Crippen molar-refractivity contribution in [1.29, 1.82) is 0 Å². The molecule has 0 saturated heterocycles. The number of unbranched alkanes of at least 4 members (excludes halogenated alkanes) is 3. The Morgan fingerprint density at radius 3 is 2.75 bits per heavy atom. The number of benzene rings is 1. The molecule has 0 saturated carbocycles. The van der Waals surface area contributed by atoms with Gasteiger partial charge in [-0.25, -0.2) is 0 Å². The number of hydrogen-bond acceptors (Lipinski definition) is 3. The van der Waals surface area contributed by atoms with Gasteiger partial charge in [0.1, 0.15) is 18.1 Å². The van der Waals surface area contributed by atoms with E-state index in [1.54, 1.807) is 12.1 Å². The summed E-state index contributed by atoms with van der Waals surface area (Å²) in [6.45, 7) is 7.21. The van der Waals surface area contributed by atoms with Crippen molar-refractivity contribution < 1.29 is 13.9 Å². The number of rotatable bonds is 9. The van der Waals surface area contributed by atoms with Gasteiger partial charge in [0.2, 0.25) is 0 Å². The Balaban J connectivity index is 1.82. The van der Waals surface area contributed by atoms with E-state index in [0.717, 1.165) is 29.7 Å². The van der Waals surface area contributed by atoms with Crippen LogP contribution in [-0.4, -0.2) is 12.5 Å². The molecule has 1 heterocycles. The van der Waals surface area contributed by atoms with Crippen molar-refractivity contribution in [2.24, 2.45) is 0 Å². The number of carbonyl (C=O) groups is 1. The molecule has 1 aromatic heterocycles. The highest BCUT2D eigenvalue weighted by atomic mass is 16.5. The van der Waals surface area contributed by atoms with Crippen LogP contribution in [0.15, 0.2) is 34.7 Å². The van der Waals surface area contributed by atoms with Crippen LogP contribution in [0.4, 0.5) is 0 Å². The van der Waals surface area contributed by atoms with Crippen LogP contribution in [0.5, 0.6) is 5.75 Å². The van der Waals surface area contributed by atoms with E-state index in [1.165, 1.54) is 12.8 Å². The van der Waals surface area contributed by atoms with Gasteiger partial charge < -0.3 is 14.5 Å². The molecule has 1 aromatic carbocycles. The molecule has 24 heavy (non-hydrogen) atoms. The van der Waals surface area contributed by atoms with Crippen LogP contribution in [0.25, 0.3) is 0 Å². The average Bonchev–Trinajstić information content (AvgIpc) is 3.04. The normalized spacial score (nSPS) is 10.6. The fourth-order valence-corrected chi connectivity index (χ4v) is 2.43. The molecule has 0 aliphatic carbocycles. The van der Waals surface area contributed by atoms with Gasteiger partial charge in [0.25, 0.3) is 5.91 Å². The van der Waals surface area contributed by atoms with E-state index in [-0.39, 0.29) is 5.91 Å². The van der Waals surface area contributed by atoms with Gasteiger partial charge in [0.05, 0.1) is 0 Å². The lowest BCUT2D eigenvalue weighted by molar-refractivity contribution is 0.0921. The van der Waals surface area contributed by atoms with Gasteiger partial charge >= 0.3 is 0 Å². The third-order valence-corrected chi connectivity index (χ3v) is 3.91. The molecule has 0 atom stereocenters. The fourth-order valence-electron chi connectivity index (χ4n) is 2.43. The summed E-state index contributed by atoms with van der Waals surface area (Å²) in [6, 6.07) is 9.57. The number of furan rings is 1. The van der Waals surface area contributed by atoms with E-state index in [2.05, 4.69) is 18.3 Å². The van der Waals surface area contributed by atoms with Crippen LogP contribution in [0.3, 0.4) is 0 Å². The third kappa shape index (κ3) is 5.44. The summed E-state index contributed by atoms with van der Waals surface area (Å²) in [4.78, 5) is 12.0. The third-order valence-electron chi connectivity index (χ3n) is 3.91. The highest BCUT2D eigenvalue weighted by molar-refractivity contribution is 5.91. The number of ether oxygens (including phenoxy) is 1. The molecule has 2 aromatic rings. The molecule has 130 valence electrons. The Kier molecular flexibility index (Phi) is 6.91. The summed E-state index contributed by atoms with van der Waals surface area (Å²) in [5.41, 5.74) is 2.23. The Labute approximate surface area is 144 Å². The van der Waals surface area contributed by atoms with Crippen molar-refractivity contribution in [2.75, 3.05) is 6.54 Å². The van der Waals surface area contributed by atoms with Crippen LogP contribution < -0.4 is 10.1 Å². The highest BCUT2D eigenvalue weighted by Gasteiger charge is 2.11. The second-order valence-electron chi connectivity index (χ2n) is 6.14. The van der Waals surface area contributed by atoms with Crippen LogP contribution in [0, 0.1) is 13.8 Å². The minimum absolute atomic E-state index is 0.163. The summed E-state index contributed by atoms with van der Waals surface area (Å²) >= 11 is 0. The van der Waals surface area contributed by atoms with Crippen molar-refractivity contribution >= 4 is 5.91 Å². The topological polar surface area (TPSA) is 51.5 Å². The summed E-state index contributed by atoms with van der Waals surface area (Å²) < 4.78 is 11.4. The first-order valence-corrected chi connectivity index (χ1v) is 8.67. The standard InChI is InChI=1S/C20H27NO3/c1-4-5-6-7-12-21-20(22)18-11-10-17(24-18)14-23-19-13-15(2)8-9-16(19)3/h8-11,13H,4-7,12,14H2,1-3H3,(H,21,22). The van der Waals surface area contributed by atoms with E-state index in [9.17, 15) is 4.79 Å². The van der Waals surface area contributed by atoms with Crippen molar-refractivity contribution in [2.45, 2.75) is 53.1 Å². The molecular weight excluding hydrogens is 302 g/mol. The van der Waals surface area contributed by atoms with E-state index in [0.29, 0.717) is 24.7 Å². The maximum absolute atomic E-state index is 12.0. The minimum Gasteiger partial charge on any atom is -0.485 e. The average molecular weight is 329 g/mol. The van der Waals surface area contributed by atoms with Crippen molar-refractivity contribution in [3.63, 3.8) is 0 Å². The SMILES string of the molecule is CCCCCCNC(=O)c1ccc(COc2cc(C)ccc2C)o1. The molecule has 1 amide bonds. The molecule has 0 bridgehead atoms. The lowest BCUT2D eigenvalue weighted by atomic mass is 10.1. The van der Waals surface area contributed by atoms with Crippen LogP contribution in [0.2, 0.25) is 0 Å². The van der Waals surface area contributed by atoms with Gasteiger partial charge in [-0.05, 0) is 49.6 Å². The molecule has 0 fully saturated rings. The van der Waals surface area contributed by atoms with Crippen LogP contribution >= 0.6 is 0 Å². The Morgan fingerprint density at radius 2 is 1.96 bits per heavy atom. The Bertz CT molecular complexity index is 661. The molecule has 0 radical (unpaired) electrons. The van der Waals surface area contributed by atoms with E-state index in [1.807, 2.05) is 26.0 Å². The first-order chi connectivity index (χ1) is 11.6. The van der Waals surface area contributed by atoms with E-state index < -0.39 is 0 Å². The zero-order chi connectivity index (χ0) is 17.4. The molecule has 2 rings (SSSR count). The maximum Gasteiger partial charge on any atom is 0.286 e. The molecule has 4 heteroatoms. The molecule has 0 aliphatic heterocycles. The second-order valence-corrected chi connectivity index (χ2v) is 6.14. The van der Waals surface area contributed by atoms with Gasteiger partial charge in [-0.2, -0.15) is 0 Å². The van der Waals surface area contributed by atoms with Gasteiger partial charge in [-0.15, -0.1) is 0 Å².